The first-order valence-corrected chi connectivity index (χ1v) is 9.21. The van der Waals surface area contributed by atoms with E-state index in [0.29, 0.717) is 36.5 Å². The summed E-state index contributed by atoms with van der Waals surface area (Å²) in [5.74, 6) is 2.02. The molecule has 126 valence electrons. The molecule has 0 bridgehead atoms. The van der Waals surface area contributed by atoms with Crippen molar-refractivity contribution >= 4 is 10.0 Å². The molecule has 0 radical (unpaired) electrons. The summed E-state index contributed by atoms with van der Waals surface area (Å²) in [7, 11) is -1.43. The van der Waals surface area contributed by atoms with Gasteiger partial charge >= 0.3 is 0 Å². The van der Waals surface area contributed by atoms with Crippen LogP contribution in [0.2, 0.25) is 0 Å². The lowest BCUT2D eigenvalue weighted by molar-refractivity contribution is 0.266. The lowest BCUT2D eigenvalue weighted by atomic mass is 10.00. The van der Waals surface area contributed by atoms with Crippen molar-refractivity contribution in [1.82, 2.24) is 29.2 Å². The standard InChI is InChI=1S/C13H20N6O3S/c1-4-23(20,21)19-7-5-6-10(8-19)13-15-11(17-22-13)12-14-9(2)16-18(12)3/h10H,4-8H2,1-3H3. The van der Waals surface area contributed by atoms with Crippen LogP contribution in [-0.4, -0.2) is 56.5 Å². The second-order valence-corrected chi connectivity index (χ2v) is 7.92. The van der Waals surface area contributed by atoms with Crippen LogP contribution in [-0.2, 0) is 17.1 Å². The van der Waals surface area contributed by atoms with E-state index in [4.69, 9.17) is 4.52 Å². The zero-order valence-corrected chi connectivity index (χ0v) is 14.2. The molecule has 0 aromatic carbocycles. The summed E-state index contributed by atoms with van der Waals surface area (Å²) < 4.78 is 32.5. The topological polar surface area (TPSA) is 107 Å². The fourth-order valence-electron chi connectivity index (χ4n) is 2.78. The highest BCUT2D eigenvalue weighted by Crippen LogP contribution is 2.28. The number of aromatic nitrogens is 5. The molecule has 1 saturated heterocycles. The van der Waals surface area contributed by atoms with Crippen LogP contribution in [0.5, 0.6) is 0 Å². The SMILES string of the molecule is CCS(=O)(=O)N1CCCC(c2nc(-c3nc(C)nn3C)no2)C1. The van der Waals surface area contributed by atoms with Gasteiger partial charge < -0.3 is 4.52 Å². The van der Waals surface area contributed by atoms with Crippen LogP contribution < -0.4 is 0 Å². The highest BCUT2D eigenvalue weighted by atomic mass is 32.2. The van der Waals surface area contributed by atoms with Crippen molar-refractivity contribution in [1.29, 1.82) is 0 Å². The Labute approximate surface area is 134 Å². The zero-order chi connectivity index (χ0) is 16.6. The summed E-state index contributed by atoms with van der Waals surface area (Å²) in [4.78, 5) is 8.67. The third kappa shape index (κ3) is 3.13. The molecular weight excluding hydrogens is 320 g/mol. The molecule has 3 heterocycles. The highest BCUT2D eigenvalue weighted by Gasteiger charge is 2.31. The minimum absolute atomic E-state index is 0.0827. The summed E-state index contributed by atoms with van der Waals surface area (Å²) >= 11 is 0. The molecule has 23 heavy (non-hydrogen) atoms. The maximum absolute atomic E-state index is 12.0. The van der Waals surface area contributed by atoms with Crippen LogP contribution >= 0.6 is 0 Å². The van der Waals surface area contributed by atoms with Crippen LogP contribution in [0.4, 0.5) is 0 Å². The normalized spacial score (nSPS) is 20.0. The van der Waals surface area contributed by atoms with Crippen molar-refractivity contribution in [2.75, 3.05) is 18.8 Å². The molecule has 0 aliphatic carbocycles. The minimum atomic E-state index is -3.19. The average Bonchev–Trinajstić information content (AvgIpc) is 3.14. The number of hydrogen-bond acceptors (Lipinski definition) is 7. The number of nitrogens with zero attached hydrogens (tertiary/aromatic N) is 6. The smallest absolute Gasteiger partial charge is 0.239 e. The molecule has 9 nitrogen and oxygen atoms in total. The summed E-state index contributed by atoms with van der Waals surface area (Å²) in [5.41, 5.74) is 0. The Hall–Kier alpha value is -1.81. The maximum atomic E-state index is 12.0. The monoisotopic (exact) mass is 340 g/mol. The molecular formula is C13H20N6O3S. The first kappa shape index (κ1) is 16.1. The molecule has 1 fully saturated rings. The van der Waals surface area contributed by atoms with Gasteiger partial charge in [0.15, 0.2) is 5.82 Å². The fourth-order valence-corrected chi connectivity index (χ4v) is 3.96. The van der Waals surface area contributed by atoms with Crippen molar-refractivity contribution in [3.8, 4) is 11.6 Å². The molecule has 0 N–H and O–H groups in total. The Balaban J connectivity index is 1.82. The Kier molecular flexibility index (Phi) is 4.19. The van der Waals surface area contributed by atoms with Crippen molar-refractivity contribution in [2.45, 2.75) is 32.6 Å². The molecule has 0 amide bonds. The second kappa shape index (κ2) is 6.00. The highest BCUT2D eigenvalue weighted by molar-refractivity contribution is 7.89. The first-order chi connectivity index (χ1) is 10.9. The summed E-state index contributed by atoms with van der Waals surface area (Å²) in [6.07, 6.45) is 1.61. The van der Waals surface area contributed by atoms with E-state index in [-0.39, 0.29) is 11.7 Å². The Morgan fingerprint density at radius 2 is 2.13 bits per heavy atom. The van der Waals surface area contributed by atoms with Crippen LogP contribution in [0.15, 0.2) is 4.52 Å². The molecule has 2 aromatic heterocycles. The van der Waals surface area contributed by atoms with E-state index < -0.39 is 10.0 Å². The molecule has 1 aliphatic heterocycles. The number of rotatable bonds is 4. The Bertz CT molecular complexity index is 796. The lowest BCUT2D eigenvalue weighted by Crippen LogP contribution is -2.39. The van der Waals surface area contributed by atoms with E-state index in [1.54, 1.807) is 25.6 Å². The van der Waals surface area contributed by atoms with E-state index >= 15 is 0 Å². The van der Waals surface area contributed by atoms with Crippen LogP contribution in [0, 0.1) is 6.92 Å². The van der Waals surface area contributed by atoms with Crippen molar-refractivity contribution in [3.63, 3.8) is 0 Å². The maximum Gasteiger partial charge on any atom is 0.239 e. The Morgan fingerprint density at radius 3 is 2.78 bits per heavy atom. The van der Waals surface area contributed by atoms with Gasteiger partial charge in [0.05, 0.1) is 11.7 Å². The van der Waals surface area contributed by atoms with Crippen LogP contribution in [0.25, 0.3) is 11.6 Å². The van der Waals surface area contributed by atoms with Gasteiger partial charge in [-0.15, -0.1) is 0 Å². The molecule has 0 saturated carbocycles. The van der Waals surface area contributed by atoms with Gasteiger partial charge in [-0.3, -0.25) is 0 Å². The molecule has 1 atom stereocenters. The minimum Gasteiger partial charge on any atom is -0.339 e. The van der Waals surface area contributed by atoms with Gasteiger partial charge in [-0.25, -0.2) is 22.4 Å². The van der Waals surface area contributed by atoms with Gasteiger partial charge in [0.2, 0.25) is 21.7 Å². The first-order valence-electron chi connectivity index (χ1n) is 7.60. The van der Waals surface area contributed by atoms with Gasteiger partial charge in [-0.2, -0.15) is 10.1 Å². The van der Waals surface area contributed by atoms with Crippen LogP contribution in [0.1, 0.15) is 37.4 Å². The molecule has 1 aliphatic rings. The number of aryl methyl sites for hydroxylation is 2. The van der Waals surface area contributed by atoms with E-state index in [1.807, 2.05) is 0 Å². The number of hydrogen-bond donors (Lipinski definition) is 0. The van der Waals surface area contributed by atoms with Gasteiger partial charge in [0, 0.05) is 20.1 Å². The van der Waals surface area contributed by atoms with Crippen LogP contribution in [0.3, 0.4) is 0 Å². The van der Waals surface area contributed by atoms with Gasteiger partial charge in [0.1, 0.15) is 5.82 Å². The Morgan fingerprint density at radius 1 is 1.35 bits per heavy atom. The lowest BCUT2D eigenvalue weighted by Gasteiger charge is -2.29. The predicted octanol–water partition coefficient (Wildman–Crippen LogP) is 0.703. The van der Waals surface area contributed by atoms with Crippen molar-refractivity contribution in [2.24, 2.45) is 7.05 Å². The van der Waals surface area contributed by atoms with Gasteiger partial charge in [-0.05, 0) is 26.7 Å². The van der Waals surface area contributed by atoms with E-state index in [9.17, 15) is 8.42 Å². The van der Waals surface area contributed by atoms with Crippen molar-refractivity contribution in [3.05, 3.63) is 11.7 Å². The number of sulfonamides is 1. The third-order valence-electron chi connectivity index (χ3n) is 4.00. The molecule has 10 heteroatoms. The van der Waals surface area contributed by atoms with E-state index in [2.05, 4.69) is 20.2 Å². The fraction of sp³-hybridized carbons (Fsp3) is 0.692. The zero-order valence-electron chi connectivity index (χ0n) is 13.4. The average molecular weight is 340 g/mol. The molecule has 0 spiro atoms. The molecule has 2 aromatic rings. The summed E-state index contributed by atoms with van der Waals surface area (Å²) in [6, 6.07) is 0. The number of piperidine rings is 1. The summed E-state index contributed by atoms with van der Waals surface area (Å²) in [5, 5.41) is 8.13. The molecule has 3 rings (SSSR count). The predicted molar refractivity (Wildman–Crippen MR) is 82.0 cm³/mol. The van der Waals surface area contributed by atoms with E-state index in [1.165, 1.54) is 4.31 Å². The van der Waals surface area contributed by atoms with Gasteiger partial charge in [-0.1, -0.05) is 5.16 Å². The largest absolute Gasteiger partial charge is 0.339 e. The van der Waals surface area contributed by atoms with E-state index in [0.717, 1.165) is 12.8 Å². The quantitative estimate of drug-likeness (QED) is 0.806. The third-order valence-corrected chi connectivity index (χ3v) is 5.85. The molecule has 1 unspecified atom stereocenters. The van der Waals surface area contributed by atoms with Gasteiger partial charge in [0.25, 0.3) is 0 Å². The summed E-state index contributed by atoms with van der Waals surface area (Å²) in [6.45, 7) is 4.38. The second-order valence-electron chi connectivity index (χ2n) is 5.66. The van der Waals surface area contributed by atoms with Crippen molar-refractivity contribution < 1.29 is 12.9 Å².